The highest BCUT2D eigenvalue weighted by atomic mass is 32.2. The smallest absolute Gasteiger partial charge is 0.217 e. The molecule has 0 amide bonds. The van der Waals surface area contributed by atoms with Gasteiger partial charge in [-0.15, -0.1) is 11.8 Å². The third kappa shape index (κ3) is 4.69. The maximum Gasteiger partial charge on any atom is 0.217 e. The van der Waals surface area contributed by atoms with Gasteiger partial charge in [-0.05, 0) is 18.4 Å². The van der Waals surface area contributed by atoms with Crippen LogP contribution in [0.1, 0.15) is 0 Å². The Morgan fingerprint density at radius 3 is 3.00 bits per heavy atom. The van der Waals surface area contributed by atoms with Crippen LogP contribution in [0, 0.1) is 0 Å². The number of thioether (sulfide) groups is 1. The lowest BCUT2D eigenvalue weighted by Crippen LogP contribution is -2.11. The van der Waals surface area contributed by atoms with Crippen molar-refractivity contribution < 1.29 is 4.79 Å². The van der Waals surface area contributed by atoms with Gasteiger partial charge in [0.15, 0.2) is 0 Å². The van der Waals surface area contributed by atoms with E-state index in [0.717, 1.165) is 10.6 Å². The van der Waals surface area contributed by atoms with E-state index in [0.29, 0.717) is 6.29 Å². The predicted molar refractivity (Wildman–Crippen MR) is 72.9 cm³/mol. The molecule has 1 rings (SSSR count). The zero-order chi connectivity index (χ0) is 12.5. The van der Waals surface area contributed by atoms with Crippen LogP contribution < -0.4 is 11.1 Å². The summed E-state index contributed by atoms with van der Waals surface area (Å²) in [6, 6.07) is 7.84. The SMILES string of the molecule is CSc1ccccc1N/C=N\C(N)=NCC=O. The van der Waals surface area contributed by atoms with Crippen LogP contribution in [0.25, 0.3) is 0 Å². The van der Waals surface area contributed by atoms with Crippen LogP contribution in [0.2, 0.25) is 0 Å². The molecule has 0 saturated heterocycles. The number of benzene rings is 1. The number of carbonyl (C=O) groups excluding carboxylic acids is 1. The Kier molecular flexibility index (Phi) is 5.81. The second kappa shape index (κ2) is 7.45. The highest BCUT2D eigenvalue weighted by Crippen LogP contribution is 2.23. The van der Waals surface area contributed by atoms with E-state index in [1.807, 2.05) is 30.5 Å². The van der Waals surface area contributed by atoms with Gasteiger partial charge in [-0.3, -0.25) is 0 Å². The minimum Gasteiger partial charge on any atom is -0.368 e. The zero-order valence-corrected chi connectivity index (χ0v) is 10.3. The molecule has 0 aliphatic rings. The first-order valence-corrected chi connectivity index (χ1v) is 6.16. The summed E-state index contributed by atoms with van der Waals surface area (Å²) in [7, 11) is 0. The summed E-state index contributed by atoms with van der Waals surface area (Å²) in [4.78, 5) is 18.7. The molecule has 0 aromatic heterocycles. The van der Waals surface area contributed by atoms with Crippen molar-refractivity contribution in [1.82, 2.24) is 0 Å². The van der Waals surface area contributed by atoms with Gasteiger partial charge in [-0.2, -0.15) is 0 Å². The maximum absolute atomic E-state index is 10.1. The molecule has 1 aromatic carbocycles. The summed E-state index contributed by atoms with van der Waals surface area (Å²) in [6.07, 6.45) is 4.12. The third-order valence-electron chi connectivity index (χ3n) is 1.85. The lowest BCUT2D eigenvalue weighted by Gasteiger charge is -2.05. The molecule has 0 aliphatic heterocycles. The zero-order valence-electron chi connectivity index (χ0n) is 9.46. The molecule has 0 radical (unpaired) electrons. The lowest BCUT2D eigenvalue weighted by atomic mass is 10.3. The number of aliphatic imine (C=N–C) groups is 2. The highest BCUT2D eigenvalue weighted by Gasteiger charge is 1.96. The Morgan fingerprint density at radius 2 is 2.29 bits per heavy atom. The molecule has 0 saturated carbocycles. The normalized spacial score (nSPS) is 11.7. The fourth-order valence-electron chi connectivity index (χ4n) is 1.10. The number of carbonyl (C=O) groups is 1. The van der Waals surface area contributed by atoms with E-state index in [-0.39, 0.29) is 12.5 Å². The first kappa shape index (κ1) is 13.2. The molecule has 1 aromatic rings. The van der Waals surface area contributed by atoms with Crippen molar-refractivity contribution in [2.24, 2.45) is 15.7 Å². The van der Waals surface area contributed by atoms with Crippen LogP contribution in [-0.4, -0.2) is 31.4 Å². The molecular formula is C11H14N4OS. The Labute approximate surface area is 104 Å². The average Bonchev–Trinajstić information content (AvgIpc) is 2.37. The van der Waals surface area contributed by atoms with Crippen molar-refractivity contribution in [3.8, 4) is 0 Å². The number of hydrogen-bond donors (Lipinski definition) is 2. The number of hydrogen-bond acceptors (Lipinski definition) is 3. The number of guanidine groups is 1. The number of anilines is 1. The van der Waals surface area contributed by atoms with E-state index < -0.39 is 0 Å². The summed E-state index contributed by atoms with van der Waals surface area (Å²) in [5.41, 5.74) is 6.39. The summed E-state index contributed by atoms with van der Waals surface area (Å²) >= 11 is 1.64. The Hall–Kier alpha value is -1.82. The molecule has 6 heteroatoms. The first-order valence-electron chi connectivity index (χ1n) is 4.93. The molecule has 0 atom stereocenters. The average molecular weight is 250 g/mol. The van der Waals surface area contributed by atoms with Crippen molar-refractivity contribution >= 4 is 36.0 Å². The molecule has 0 bridgehead atoms. The van der Waals surface area contributed by atoms with Gasteiger partial charge in [0.25, 0.3) is 0 Å². The quantitative estimate of drug-likeness (QED) is 0.358. The van der Waals surface area contributed by atoms with E-state index in [4.69, 9.17) is 5.73 Å². The summed E-state index contributed by atoms with van der Waals surface area (Å²) in [6.45, 7) is 0.0323. The van der Waals surface area contributed by atoms with Gasteiger partial charge in [-0.1, -0.05) is 12.1 Å². The molecule has 17 heavy (non-hydrogen) atoms. The highest BCUT2D eigenvalue weighted by molar-refractivity contribution is 7.98. The Bertz CT molecular complexity index is 431. The molecule has 90 valence electrons. The predicted octanol–water partition coefficient (Wildman–Crippen LogP) is 1.36. The minimum atomic E-state index is 0.0323. The van der Waals surface area contributed by atoms with Gasteiger partial charge in [0.05, 0.1) is 18.6 Å². The van der Waals surface area contributed by atoms with Gasteiger partial charge in [-0.25, -0.2) is 9.98 Å². The molecule has 5 nitrogen and oxygen atoms in total. The number of rotatable bonds is 5. The topological polar surface area (TPSA) is 79.8 Å². The van der Waals surface area contributed by atoms with Crippen molar-refractivity contribution in [2.45, 2.75) is 4.90 Å². The standard InChI is InChI=1S/C11H14N4OS/c1-17-10-5-3-2-4-9(10)14-8-15-11(12)13-6-7-16/h2-5,7-8H,6H2,1H3,(H3,12,13,14,15). The van der Waals surface area contributed by atoms with E-state index in [2.05, 4.69) is 15.3 Å². The summed E-state index contributed by atoms with van der Waals surface area (Å²) < 4.78 is 0. The van der Waals surface area contributed by atoms with Crippen LogP contribution in [0.3, 0.4) is 0 Å². The van der Waals surface area contributed by atoms with E-state index in [1.54, 1.807) is 11.8 Å². The van der Waals surface area contributed by atoms with Crippen LogP contribution >= 0.6 is 11.8 Å². The fourth-order valence-corrected chi connectivity index (χ4v) is 1.66. The fraction of sp³-hybridized carbons (Fsp3) is 0.182. The van der Waals surface area contributed by atoms with Gasteiger partial charge >= 0.3 is 0 Å². The molecule has 0 spiro atoms. The number of nitrogens with zero attached hydrogens (tertiary/aromatic N) is 2. The number of aldehydes is 1. The maximum atomic E-state index is 10.1. The minimum absolute atomic E-state index is 0.0323. The van der Waals surface area contributed by atoms with Crippen LogP contribution in [-0.2, 0) is 4.79 Å². The summed E-state index contributed by atoms with van der Waals surface area (Å²) in [5, 5.41) is 3.01. The molecule has 0 aliphatic carbocycles. The van der Waals surface area contributed by atoms with Gasteiger partial charge in [0.1, 0.15) is 6.29 Å². The lowest BCUT2D eigenvalue weighted by molar-refractivity contribution is -0.106. The van der Waals surface area contributed by atoms with Gasteiger partial charge < -0.3 is 15.8 Å². The van der Waals surface area contributed by atoms with Crippen molar-refractivity contribution in [1.29, 1.82) is 0 Å². The molecule has 3 N–H and O–H groups in total. The van der Waals surface area contributed by atoms with Gasteiger partial charge in [0, 0.05) is 4.90 Å². The number of nitrogens with one attached hydrogen (secondary N) is 1. The van der Waals surface area contributed by atoms with Crippen LogP contribution in [0.15, 0.2) is 39.1 Å². The Morgan fingerprint density at radius 1 is 1.53 bits per heavy atom. The second-order valence-electron chi connectivity index (χ2n) is 2.97. The van der Waals surface area contributed by atoms with E-state index in [1.165, 1.54) is 6.34 Å². The van der Waals surface area contributed by atoms with E-state index in [9.17, 15) is 4.79 Å². The van der Waals surface area contributed by atoms with Crippen molar-refractivity contribution in [2.75, 3.05) is 18.1 Å². The number of para-hydroxylation sites is 1. The third-order valence-corrected chi connectivity index (χ3v) is 2.65. The van der Waals surface area contributed by atoms with Crippen molar-refractivity contribution in [3.05, 3.63) is 24.3 Å². The van der Waals surface area contributed by atoms with Crippen LogP contribution in [0.4, 0.5) is 5.69 Å². The molecule has 0 heterocycles. The first-order chi connectivity index (χ1) is 8.27. The molecule has 0 unspecified atom stereocenters. The largest absolute Gasteiger partial charge is 0.368 e. The van der Waals surface area contributed by atoms with Crippen molar-refractivity contribution in [3.63, 3.8) is 0 Å². The second-order valence-corrected chi connectivity index (χ2v) is 3.82. The Balaban J connectivity index is 2.60. The summed E-state index contributed by atoms with van der Waals surface area (Å²) in [5.74, 6) is 0.0752. The molecule has 0 fully saturated rings. The monoisotopic (exact) mass is 250 g/mol. The van der Waals surface area contributed by atoms with E-state index >= 15 is 0 Å². The van der Waals surface area contributed by atoms with Crippen LogP contribution in [0.5, 0.6) is 0 Å². The number of nitrogens with two attached hydrogens (primary N) is 1. The van der Waals surface area contributed by atoms with Gasteiger partial charge in [0.2, 0.25) is 5.96 Å². The molecular weight excluding hydrogens is 236 g/mol.